The van der Waals surface area contributed by atoms with Crippen molar-refractivity contribution in [2.75, 3.05) is 18.1 Å². The smallest absolute Gasteiger partial charge is 0.131 e. The zero-order valence-corrected chi connectivity index (χ0v) is 10.7. The predicted molar refractivity (Wildman–Crippen MR) is 70.6 cm³/mol. The van der Waals surface area contributed by atoms with Crippen molar-refractivity contribution in [3.63, 3.8) is 0 Å². The minimum Gasteiger partial charge on any atom is -0.395 e. The Morgan fingerprint density at radius 1 is 1.29 bits per heavy atom. The van der Waals surface area contributed by atoms with E-state index in [1.165, 1.54) is 32.1 Å². The van der Waals surface area contributed by atoms with Crippen LogP contribution >= 0.6 is 11.6 Å². The number of aliphatic hydroxyl groups is 1. The highest BCUT2D eigenvalue weighted by atomic mass is 35.5. The molecule has 3 nitrogen and oxygen atoms in total. The first-order valence-corrected chi connectivity index (χ1v) is 6.69. The molecule has 0 saturated heterocycles. The van der Waals surface area contributed by atoms with Gasteiger partial charge in [-0.05, 0) is 25.0 Å². The van der Waals surface area contributed by atoms with Gasteiger partial charge in [-0.2, -0.15) is 0 Å². The first-order valence-electron chi connectivity index (χ1n) is 6.31. The van der Waals surface area contributed by atoms with Gasteiger partial charge in [0.2, 0.25) is 0 Å². The Labute approximate surface area is 107 Å². The molecular weight excluding hydrogens is 236 g/mol. The first-order chi connectivity index (χ1) is 8.31. The predicted octanol–water partition coefficient (Wildman–Crippen LogP) is 2.87. The lowest BCUT2D eigenvalue weighted by Gasteiger charge is -2.34. The summed E-state index contributed by atoms with van der Waals surface area (Å²) >= 11 is 5.93. The van der Waals surface area contributed by atoms with Gasteiger partial charge in [-0.1, -0.05) is 36.9 Å². The molecule has 1 aromatic heterocycles. The van der Waals surface area contributed by atoms with E-state index in [1.54, 1.807) is 6.07 Å². The lowest BCUT2D eigenvalue weighted by Crippen LogP contribution is -2.39. The molecule has 2 rings (SSSR count). The second-order valence-corrected chi connectivity index (χ2v) is 4.91. The van der Waals surface area contributed by atoms with Crippen molar-refractivity contribution in [3.05, 3.63) is 23.4 Å². The topological polar surface area (TPSA) is 36.4 Å². The highest BCUT2D eigenvalue weighted by Gasteiger charge is 2.21. The standard InChI is InChI=1S/C13H19ClN2O/c14-12-7-4-8-13(15-12)16(9-10-17)11-5-2-1-3-6-11/h4,7-8,11,17H,1-3,5-6,9-10H2. The SMILES string of the molecule is OCCN(c1cccc(Cl)n1)C1CCCCC1. The molecule has 0 amide bonds. The minimum atomic E-state index is 0.157. The average Bonchev–Trinajstić information content (AvgIpc) is 2.37. The summed E-state index contributed by atoms with van der Waals surface area (Å²) in [5.74, 6) is 0.887. The quantitative estimate of drug-likeness (QED) is 0.840. The molecule has 0 radical (unpaired) electrons. The van der Waals surface area contributed by atoms with Crippen LogP contribution in [0.1, 0.15) is 32.1 Å². The lowest BCUT2D eigenvalue weighted by molar-refractivity contribution is 0.289. The minimum absolute atomic E-state index is 0.157. The van der Waals surface area contributed by atoms with Gasteiger partial charge in [0.1, 0.15) is 11.0 Å². The van der Waals surface area contributed by atoms with Crippen LogP contribution in [0, 0.1) is 0 Å². The number of aliphatic hydroxyl groups excluding tert-OH is 1. The summed E-state index contributed by atoms with van der Waals surface area (Å²) in [5.41, 5.74) is 0. The fraction of sp³-hybridized carbons (Fsp3) is 0.615. The van der Waals surface area contributed by atoms with Crippen LogP contribution in [0.2, 0.25) is 5.15 Å². The molecule has 0 unspecified atom stereocenters. The summed E-state index contributed by atoms with van der Waals surface area (Å²) in [5, 5.41) is 9.71. The maximum Gasteiger partial charge on any atom is 0.131 e. The summed E-state index contributed by atoms with van der Waals surface area (Å²) in [7, 11) is 0. The van der Waals surface area contributed by atoms with Crippen LogP contribution in [0.25, 0.3) is 0 Å². The Morgan fingerprint density at radius 3 is 2.71 bits per heavy atom. The molecule has 0 atom stereocenters. The number of rotatable bonds is 4. The summed E-state index contributed by atoms with van der Waals surface area (Å²) < 4.78 is 0. The number of anilines is 1. The highest BCUT2D eigenvalue weighted by molar-refractivity contribution is 6.29. The van der Waals surface area contributed by atoms with Crippen molar-refractivity contribution in [1.29, 1.82) is 0 Å². The third-order valence-electron chi connectivity index (χ3n) is 3.35. The van der Waals surface area contributed by atoms with Crippen molar-refractivity contribution >= 4 is 17.4 Å². The lowest BCUT2D eigenvalue weighted by atomic mass is 9.94. The summed E-state index contributed by atoms with van der Waals surface area (Å²) in [6.45, 7) is 0.794. The Balaban J connectivity index is 2.15. The zero-order chi connectivity index (χ0) is 12.1. The largest absolute Gasteiger partial charge is 0.395 e. The van der Waals surface area contributed by atoms with E-state index in [-0.39, 0.29) is 6.61 Å². The maximum absolute atomic E-state index is 9.20. The highest BCUT2D eigenvalue weighted by Crippen LogP contribution is 2.26. The van der Waals surface area contributed by atoms with Crippen LogP contribution in [-0.4, -0.2) is 29.3 Å². The second kappa shape index (κ2) is 6.22. The van der Waals surface area contributed by atoms with E-state index in [0.717, 1.165) is 5.82 Å². The number of nitrogens with zero attached hydrogens (tertiary/aromatic N) is 2. The van der Waals surface area contributed by atoms with Gasteiger partial charge in [-0.25, -0.2) is 4.98 Å². The fourth-order valence-electron chi connectivity index (χ4n) is 2.54. The van der Waals surface area contributed by atoms with Crippen molar-refractivity contribution in [2.24, 2.45) is 0 Å². The number of hydrogen-bond acceptors (Lipinski definition) is 3. The summed E-state index contributed by atoms with van der Waals surface area (Å²) in [6, 6.07) is 6.17. The van der Waals surface area contributed by atoms with Crippen LogP contribution in [0.3, 0.4) is 0 Å². The molecule has 4 heteroatoms. The van der Waals surface area contributed by atoms with Gasteiger partial charge in [0.05, 0.1) is 6.61 Å². The van der Waals surface area contributed by atoms with Crippen molar-refractivity contribution < 1.29 is 5.11 Å². The Kier molecular flexibility index (Phi) is 4.63. The molecule has 94 valence electrons. The molecule has 0 aromatic carbocycles. The Hall–Kier alpha value is -0.800. The maximum atomic E-state index is 9.20. The molecule has 1 aromatic rings. The number of aromatic nitrogens is 1. The van der Waals surface area contributed by atoms with Crippen LogP contribution in [0.5, 0.6) is 0 Å². The molecule has 17 heavy (non-hydrogen) atoms. The van der Waals surface area contributed by atoms with Crippen molar-refractivity contribution in [3.8, 4) is 0 Å². The fourth-order valence-corrected chi connectivity index (χ4v) is 2.70. The van der Waals surface area contributed by atoms with E-state index in [9.17, 15) is 5.11 Å². The molecule has 1 aliphatic carbocycles. The van der Waals surface area contributed by atoms with E-state index in [2.05, 4.69) is 9.88 Å². The first kappa shape index (κ1) is 12.7. The molecule has 1 saturated carbocycles. The van der Waals surface area contributed by atoms with Gasteiger partial charge in [-0.15, -0.1) is 0 Å². The second-order valence-electron chi connectivity index (χ2n) is 4.53. The van der Waals surface area contributed by atoms with E-state index >= 15 is 0 Å². The number of pyridine rings is 1. The third-order valence-corrected chi connectivity index (χ3v) is 3.56. The van der Waals surface area contributed by atoms with Gasteiger partial charge in [0.15, 0.2) is 0 Å². The van der Waals surface area contributed by atoms with E-state index < -0.39 is 0 Å². The molecule has 0 bridgehead atoms. The van der Waals surface area contributed by atoms with Crippen LogP contribution < -0.4 is 4.90 Å². The molecule has 1 aliphatic rings. The van der Waals surface area contributed by atoms with Gasteiger partial charge in [0, 0.05) is 12.6 Å². The molecule has 0 aliphatic heterocycles. The zero-order valence-electron chi connectivity index (χ0n) is 9.98. The van der Waals surface area contributed by atoms with E-state index in [1.807, 2.05) is 12.1 Å². The van der Waals surface area contributed by atoms with Gasteiger partial charge < -0.3 is 10.0 Å². The number of halogens is 1. The van der Waals surface area contributed by atoms with Gasteiger partial charge in [0.25, 0.3) is 0 Å². The monoisotopic (exact) mass is 254 g/mol. The summed E-state index contributed by atoms with van der Waals surface area (Å²) in [4.78, 5) is 6.55. The molecule has 0 spiro atoms. The van der Waals surface area contributed by atoms with E-state index in [4.69, 9.17) is 11.6 Å². The Bertz CT molecular complexity index is 353. The molecular formula is C13H19ClN2O. The number of hydrogen-bond donors (Lipinski definition) is 1. The van der Waals surface area contributed by atoms with Crippen LogP contribution in [0.15, 0.2) is 18.2 Å². The normalized spacial score (nSPS) is 17.1. The van der Waals surface area contributed by atoms with Gasteiger partial charge >= 0.3 is 0 Å². The van der Waals surface area contributed by atoms with Gasteiger partial charge in [-0.3, -0.25) is 0 Å². The van der Waals surface area contributed by atoms with E-state index in [0.29, 0.717) is 17.7 Å². The van der Waals surface area contributed by atoms with Crippen LogP contribution in [0.4, 0.5) is 5.82 Å². The molecule has 1 N–H and O–H groups in total. The summed E-state index contributed by atoms with van der Waals surface area (Å²) in [6.07, 6.45) is 6.25. The van der Waals surface area contributed by atoms with Crippen molar-refractivity contribution in [2.45, 2.75) is 38.1 Å². The molecule has 1 heterocycles. The molecule has 1 fully saturated rings. The average molecular weight is 255 g/mol. The van der Waals surface area contributed by atoms with Crippen molar-refractivity contribution in [1.82, 2.24) is 4.98 Å². The van der Waals surface area contributed by atoms with Crippen LogP contribution in [-0.2, 0) is 0 Å². The Morgan fingerprint density at radius 2 is 2.06 bits per heavy atom. The third kappa shape index (κ3) is 3.33.